The molecule has 2 aromatic rings. The monoisotopic (exact) mass is 342 g/mol. The SMILES string of the molecule is CN1C(=O)CC(C(=O)Nc2cccc3c2OCO3)C1c1ccnn1C. The standard InChI is InChI=1S/C17H18N4O4/c1-20-14(22)8-10(15(20)12-6-7-18-21(12)2)17(23)19-11-4-3-5-13-16(11)25-9-24-13/h3-7,10,15H,8-9H2,1-2H3,(H,19,23). The van der Waals surface area contributed by atoms with Crippen LogP contribution in [0.15, 0.2) is 30.5 Å². The van der Waals surface area contributed by atoms with E-state index in [0.29, 0.717) is 17.2 Å². The highest BCUT2D eigenvalue weighted by molar-refractivity contribution is 5.99. The normalized spacial score (nSPS) is 21.7. The Morgan fingerprint density at radius 2 is 2.12 bits per heavy atom. The van der Waals surface area contributed by atoms with Crippen molar-refractivity contribution in [1.29, 1.82) is 0 Å². The second-order valence-corrected chi connectivity index (χ2v) is 6.17. The van der Waals surface area contributed by atoms with Gasteiger partial charge in [0.25, 0.3) is 0 Å². The van der Waals surface area contributed by atoms with Gasteiger partial charge in [-0.2, -0.15) is 5.10 Å². The Bertz CT molecular complexity index is 847. The molecule has 2 aliphatic rings. The molecule has 0 aliphatic carbocycles. The molecule has 3 heterocycles. The number of hydrogen-bond donors (Lipinski definition) is 1. The topological polar surface area (TPSA) is 85.7 Å². The first-order valence-electron chi connectivity index (χ1n) is 7.99. The summed E-state index contributed by atoms with van der Waals surface area (Å²) in [6.07, 6.45) is 1.82. The molecule has 25 heavy (non-hydrogen) atoms. The lowest BCUT2D eigenvalue weighted by Crippen LogP contribution is -2.31. The number of carbonyl (C=O) groups excluding carboxylic acids is 2. The minimum absolute atomic E-state index is 0.0655. The number of hydrogen-bond acceptors (Lipinski definition) is 5. The van der Waals surface area contributed by atoms with Crippen LogP contribution in [-0.2, 0) is 16.6 Å². The van der Waals surface area contributed by atoms with E-state index < -0.39 is 5.92 Å². The molecule has 8 nitrogen and oxygen atoms in total. The number of aromatic nitrogens is 2. The van der Waals surface area contributed by atoms with Crippen LogP contribution in [0.4, 0.5) is 5.69 Å². The summed E-state index contributed by atoms with van der Waals surface area (Å²) in [5, 5.41) is 7.04. The average Bonchev–Trinajstić information content (AvgIpc) is 3.29. The third kappa shape index (κ3) is 2.50. The predicted octanol–water partition coefficient (Wildman–Crippen LogP) is 1.31. The summed E-state index contributed by atoms with van der Waals surface area (Å²) in [5.41, 5.74) is 1.37. The van der Waals surface area contributed by atoms with Crippen molar-refractivity contribution in [2.75, 3.05) is 19.2 Å². The van der Waals surface area contributed by atoms with Crippen molar-refractivity contribution in [2.45, 2.75) is 12.5 Å². The number of likely N-dealkylation sites (tertiary alicyclic amines) is 1. The number of para-hydroxylation sites is 1. The number of ether oxygens (including phenoxy) is 2. The molecule has 0 saturated carbocycles. The molecule has 0 bridgehead atoms. The first kappa shape index (κ1) is 15.5. The van der Waals surface area contributed by atoms with E-state index in [2.05, 4.69) is 10.4 Å². The second kappa shape index (κ2) is 5.80. The van der Waals surface area contributed by atoms with Gasteiger partial charge in [-0.05, 0) is 18.2 Å². The van der Waals surface area contributed by atoms with Gasteiger partial charge < -0.3 is 19.7 Å². The first-order chi connectivity index (χ1) is 12.1. The molecule has 2 atom stereocenters. The Kier molecular flexibility index (Phi) is 3.60. The highest BCUT2D eigenvalue weighted by Gasteiger charge is 2.44. The molecule has 2 unspecified atom stereocenters. The lowest BCUT2D eigenvalue weighted by Gasteiger charge is -2.24. The molecule has 4 rings (SSSR count). The van der Waals surface area contributed by atoms with Gasteiger partial charge in [-0.1, -0.05) is 6.07 Å². The van der Waals surface area contributed by atoms with Gasteiger partial charge in [0.1, 0.15) is 0 Å². The zero-order valence-electron chi connectivity index (χ0n) is 13.9. The summed E-state index contributed by atoms with van der Waals surface area (Å²) in [4.78, 5) is 26.7. The Morgan fingerprint density at radius 1 is 1.28 bits per heavy atom. The summed E-state index contributed by atoms with van der Waals surface area (Å²) in [5.74, 6) is 0.314. The van der Waals surface area contributed by atoms with Gasteiger partial charge in [0, 0.05) is 26.7 Å². The van der Waals surface area contributed by atoms with Gasteiger partial charge >= 0.3 is 0 Å². The minimum Gasteiger partial charge on any atom is -0.454 e. The zero-order chi connectivity index (χ0) is 17.6. The van der Waals surface area contributed by atoms with Crippen LogP contribution in [0.5, 0.6) is 11.5 Å². The molecular formula is C17H18N4O4. The maximum atomic E-state index is 12.9. The minimum atomic E-state index is -0.508. The van der Waals surface area contributed by atoms with E-state index in [1.54, 1.807) is 48.1 Å². The molecule has 1 N–H and O–H groups in total. The summed E-state index contributed by atoms with van der Waals surface area (Å²) in [6, 6.07) is 6.80. The van der Waals surface area contributed by atoms with Crippen LogP contribution in [0.25, 0.3) is 0 Å². The summed E-state index contributed by atoms with van der Waals surface area (Å²) >= 11 is 0. The van der Waals surface area contributed by atoms with E-state index in [4.69, 9.17) is 9.47 Å². The van der Waals surface area contributed by atoms with Gasteiger partial charge in [-0.3, -0.25) is 14.3 Å². The fraction of sp³-hybridized carbons (Fsp3) is 0.353. The van der Waals surface area contributed by atoms with Crippen LogP contribution in [0, 0.1) is 5.92 Å². The van der Waals surface area contributed by atoms with Gasteiger partial charge in [-0.15, -0.1) is 0 Å². The van der Waals surface area contributed by atoms with Crippen LogP contribution in [-0.4, -0.2) is 40.3 Å². The molecule has 1 saturated heterocycles. The van der Waals surface area contributed by atoms with E-state index in [-0.39, 0.29) is 31.1 Å². The number of nitrogens with one attached hydrogen (secondary N) is 1. The lowest BCUT2D eigenvalue weighted by atomic mass is 9.96. The van der Waals surface area contributed by atoms with Gasteiger partial charge in [0.15, 0.2) is 11.5 Å². The Morgan fingerprint density at radius 3 is 2.88 bits per heavy atom. The molecule has 0 spiro atoms. The highest BCUT2D eigenvalue weighted by Crippen LogP contribution is 2.41. The van der Waals surface area contributed by atoms with Crippen molar-refractivity contribution >= 4 is 17.5 Å². The first-order valence-corrected chi connectivity index (χ1v) is 7.99. The fourth-order valence-corrected chi connectivity index (χ4v) is 3.44. The van der Waals surface area contributed by atoms with E-state index >= 15 is 0 Å². The summed E-state index contributed by atoms with van der Waals surface area (Å²) < 4.78 is 12.4. The second-order valence-electron chi connectivity index (χ2n) is 6.17. The van der Waals surface area contributed by atoms with Crippen molar-refractivity contribution in [2.24, 2.45) is 13.0 Å². The third-order valence-electron chi connectivity index (χ3n) is 4.74. The fourth-order valence-electron chi connectivity index (χ4n) is 3.44. The molecule has 2 aliphatic heterocycles. The van der Waals surface area contributed by atoms with Crippen LogP contribution in [0.2, 0.25) is 0 Å². The smallest absolute Gasteiger partial charge is 0.231 e. The number of benzene rings is 1. The maximum Gasteiger partial charge on any atom is 0.231 e. The molecular weight excluding hydrogens is 324 g/mol. The van der Waals surface area contributed by atoms with Gasteiger partial charge in [0.2, 0.25) is 18.6 Å². The maximum absolute atomic E-state index is 12.9. The van der Waals surface area contributed by atoms with Crippen molar-refractivity contribution in [3.05, 3.63) is 36.2 Å². The quantitative estimate of drug-likeness (QED) is 0.909. The Labute approximate surface area is 144 Å². The van der Waals surface area contributed by atoms with Crippen molar-refractivity contribution in [3.8, 4) is 11.5 Å². The lowest BCUT2D eigenvalue weighted by molar-refractivity contribution is -0.128. The van der Waals surface area contributed by atoms with E-state index in [1.165, 1.54) is 0 Å². The number of anilines is 1. The summed E-state index contributed by atoms with van der Waals surface area (Å²) in [6.45, 7) is 0.129. The van der Waals surface area contributed by atoms with E-state index in [9.17, 15) is 9.59 Å². The number of aryl methyl sites for hydroxylation is 1. The molecule has 8 heteroatoms. The molecule has 1 aromatic carbocycles. The summed E-state index contributed by atoms with van der Waals surface area (Å²) in [7, 11) is 3.51. The predicted molar refractivity (Wildman–Crippen MR) is 88.0 cm³/mol. The number of carbonyl (C=O) groups is 2. The van der Waals surface area contributed by atoms with Gasteiger partial charge in [0.05, 0.1) is 23.3 Å². The van der Waals surface area contributed by atoms with Crippen LogP contribution in [0.3, 0.4) is 0 Å². The Balaban J connectivity index is 1.62. The zero-order valence-corrected chi connectivity index (χ0v) is 13.9. The third-order valence-corrected chi connectivity index (χ3v) is 4.74. The molecule has 130 valence electrons. The number of rotatable bonds is 3. The van der Waals surface area contributed by atoms with Crippen molar-refractivity contribution in [1.82, 2.24) is 14.7 Å². The molecule has 1 fully saturated rings. The van der Waals surface area contributed by atoms with Crippen LogP contribution < -0.4 is 14.8 Å². The average molecular weight is 342 g/mol. The number of amides is 2. The van der Waals surface area contributed by atoms with E-state index in [0.717, 1.165) is 5.69 Å². The largest absolute Gasteiger partial charge is 0.454 e. The van der Waals surface area contributed by atoms with Crippen molar-refractivity contribution in [3.63, 3.8) is 0 Å². The van der Waals surface area contributed by atoms with E-state index in [1.807, 2.05) is 6.07 Å². The highest BCUT2D eigenvalue weighted by atomic mass is 16.7. The molecule has 0 radical (unpaired) electrons. The van der Waals surface area contributed by atoms with Crippen molar-refractivity contribution < 1.29 is 19.1 Å². The number of fused-ring (bicyclic) bond motifs is 1. The molecule has 2 amide bonds. The number of nitrogens with zero attached hydrogens (tertiary/aromatic N) is 3. The van der Waals surface area contributed by atoms with Crippen LogP contribution in [0.1, 0.15) is 18.2 Å². The Hall–Kier alpha value is -3.03. The van der Waals surface area contributed by atoms with Gasteiger partial charge in [-0.25, -0.2) is 0 Å². The van der Waals surface area contributed by atoms with Crippen LogP contribution >= 0.6 is 0 Å². The molecule has 1 aromatic heterocycles.